The maximum Gasteiger partial charge on any atom is 0.490 e. The van der Waals surface area contributed by atoms with Crippen LogP contribution in [0.15, 0.2) is 71.7 Å². The highest BCUT2D eigenvalue weighted by Crippen LogP contribution is 2.29. The van der Waals surface area contributed by atoms with Crippen LogP contribution >= 0.6 is 0 Å². The summed E-state index contributed by atoms with van der Waals surface area (Å²) in [6.45, 7) is 0.577. The fourth-order valence-electron chi connectivity index (χ4n) is 3.96. The van der Waals surface area contributed by atoms with Gasteiger partial charge in [0.15, 0.2) is 0 Å². The Morgan fingerprint density at radius 1 is 1.10 bits per heavy atom. The first-order valence-electron chi connectivity index (χ1n) is 11.4. The van der Waals surface area contributed by atoms with Crippen LogP contribution in [-0.4, -0.2) is 50.9 Å². The van der Waals surface area contributed by atoms with Crippen LogP contribution in [0.25, 0.3) is 22.0 Å². The van der Waals surface area contributed by atoms with E-state index >= 15 is 0 Å². The number of halogens is 3. The molecular weight excluding hydrogens is 517 g/mol. The van der Waals surface area contributed by atoms with Crippen LogP contribution < -0.4 is 15.8 Å². The molecule has 1 aliphatic heterocycles. The highest BCUT2D eigenvalue weighted by molar-refractivity contribution is 6.01. The van der Waals surface area contributed by atoms with Gasteiger partial charge in [-0.2, -0.15) is 23.5 Å². The number of benzene rings is 2. The van der Waals surface area contributed by atoms with Gasteiger partial charge in [-0.05, 0) is 36.8 Å². The van der Waals surface area contributed by atoms with Gasteiger partial charge in [-0.1, -0.05) is 30.3 Å². The number of pyridine rings is 1. The van der Waals surface area contributed by atoms with E-state index in [1.54, 1.807) is 29.3 Å². The summed E-state index contributed by atoms with van der Waals surface area (Å²) in [6.07, 6.45) is -2.91. The fraction of sp³-hybridized carbons (Fsp3) is 0.154. The van der Waals surface area contributed by atoms with E-state index in [4.69, 9.17) is 15.2 Å². The third-order valence-electron chi connectivity index (χ3n) is 5.81. The number of amides is 1. The highest BCUT2D eigenvalue weighted by Gasteiger charge is 2.38. The van der Waals surface area contributed by atoms with Crippen LogP contribution in [0.2, 0.25) is 0 Å². The standard InChI is InChI=1S/C24H18N6O2.C2HF3O2/c25-14-15-9-11-26-21(13-15)27-20-10-12-30(24(20)32)17-7-5-16(6-8-17)22-18-3-1-2-4-19(18)23(31)29-28-22;3-2(4,5)1(6)7/h1-9,11,13,20H,10,12H2,(H,26,27)(H,29,31);(H,6,7). The van der Waals surface area contributed by atoms with Crippen molar-refractivity contribution in [2.75, 3.05) is 16.8 Å². The number of H-pyrrole nitrogens is 1. The molecular formula is C26H19F3N6O4. The summed E-state index contributed by atoms with van der Waals surface area (Å²) in [4.78, 5) is 39.8. The number of carbonyl (C=O) groups excluding carboxylic acids is 1. The van der Waals surface area contributed by atoms with E-state index in [9.17, 15) is 22.8 Å². The molecule has 5 rings (SSSR count). The number of aromatic nitrogens is 3. The van der Waals surface area contributed by atoms with Crippen molar-refractivity contribution in [3.05, 3.63) is 82.8 Å². The van der Waals surface area contributed by atoms with Crippen LogP contribution in [0.5, 0.6) is 0 Å². The number of carboxylic acids is 1. The number of carboxylic acid groups (broad SMARTS) is 1. The molecule has 2 aromatic carbocycles. The van der Waals surface area contributed by atoms with Gasteiger partial charge in [0.1, 0.15) is 11.9 Å². The summed E-state index contributed by atoms with van der Waals surface area (Å²) in [5.41, 5.74) is 2.58. The zero-order valence-electron chi connectivity index (χ0n) is 19.9. The molecule has 0 aliphatic carbocycles. The van der Waals surface area contributed by atoms with Gasteiger partial charge in [0, 0.05) is 29.4 Å². The molecule has 1 amide bonds. The van der Waals surface area contributed by atoms with Crippen molar-refractivity contribution in [3.63, 3.8) is 0 Å². The Kier molecular flexibility index (Phi) is 7.57. The van der Waals surface area contributed by atoms with Crippen molar-refractivity contribution < 1.29 is 27.9 Å². The van der Waals surface area contributed by atoms with Gasteiger partial charge >= 0.3 is 12.1 Å². The molecule has 13 heteroatoms. The van der Waals surface area contributed by atoms with Crippen molar-refractivity contribution in [2.24, 2.45) is 0 Å². The molecule has 1 fully saturated rings. The summed E-state index contributed by atoms with van der Waals surface area (Å²) in [7, 11) is 0. The number of hydrogen-bond donors (Lipinski definition) is 3. The summed E-state index contributed by atoms with van der Waals surface area (Å²) < 4.78 is 31.7. The van der Waals surface area contributed by atoms with E-state index < -0.39 is 18.2 Å². The van der Waals surface area contributed by atoms with Gasteiger partial charge in [-0.25, -0.2) is 14.9 Å². The lowest BCUT2D eigenvalue weighted by Gasteiger charge is -2.18. The minimum Gasteiger partial charge on any atom is -0.475 e. The fourth-order valence-corrected chi connectivity index (χ4v) is 3.96. The third kappa shape index (κ3) is 6.02. The van der Waals surface area contributed by atoms with Gasteiger partial charge in [-0.3, -0.25) is 9.59 Å². The van der Waals surface area contributed by atoms with E-state index in [-0.39, 0.29) is 11.5 Å². The first-order valence-corrected chi connectivity index (χ1v) is 11.4. The number of nitrogens with zero attached hydrogens (tertiary/aromatic N) is 4. The highest BCUT2D eigenvalue weighted by atomic mass is 19.4. The first kappa shape index (κ1) is 26.8. The Hall–Kier alpha value is -5.25. The minimum atomic E-state index is -5.08. The molecule has 1 aliphatic rings. The number of nitrogens with one attached hydrogen (secondary N) is 2. The molecule has 0 bridgehead atoms. The predicted molar refractivity (Wildman–Crippen MR) is 135 cm³/mol. The summed E-state index contributed by atoms with van der Waals surface area (Å²) >= 11 is 0. The zero-order valence-corrected chi connectivity index (χ0v) is 19.9. The Balaban J connectivity index is 0.000000448. The number of nitriles is 1. The van der Waals surface area contributed by atoms with Crippen molar-refractivity contribution >= 4 is 34.2 Å². The van der Waals surface area contributed by atoms with E-state index in [1.165, 1.54) is 0 Å². The number of fused-ring (bicyclic) bond motifs is 1. The van der Waals surface area contributed by atoms with Gasteiger partial charge < -0.3 is 15.3 Å². The average Bonchev–Trinajstić information content (AvgIpc) is 3.28. The van der Waals surface area contributed by atoms with E-state index in [0.29, 0.717) is 35.4 Å². The number of alkyl halides is 3. The molecule has 2 aromatic heterocycles. The molecule has 3 heterocycles. The lowest BCUT2D eigenvalue weighted by molar-refractivity contribution is -0.192. The Labute approximate surface area is 218 Å². The molecule has 0 radical (unpaired) electrons. The Morgan fingerprint density at radius 3 is 2.41 bits per heavy atom. The predicted octanol–water partition coefficient (Wildman–Crippen LogP) is 3.71. The van der Waals surface area contributed by atoms with Crippen molar-refractivity contribution in [1.29, 1.82) is 5.26 Å². The molecule has 3 N–H and O–H groups in total. The quantitative estimate of drug-likeness (QED) is 0.357. The minimum absolute atomic E-state index is 0.0467. The van der Waals surface area contributed by atoms with Crippen LogP contribution in [0.3, 0.4) is 0 Å². The average molecular weight is 536 g/mol. The Morgan fingerprint density at radius 2 is 1.77 bits per heavy atom. The molecule has 1 unspecified atom stereocenters. The normalized spacial score (nSPS) is 14.9. The summed E-state index contributed by atoms with van der Waals surface area (Å²) in [6, 6.07) is 19.8. The smallest absolute Gasteiger partial charge is 0.475 e. The van der Waals surface area contributed by atoms with Gasteiger partial charge in [0.05, 0.1) is 22.7 Å². The second kappa shape index (κ2) is 11.0. The summed E-state index contributed by atoms with van der Waals surface area (Å²) in [5.74, 6) is -2.29. The summed E-state index contributed by atoms with van der Waals surface area (Å²) in [5, 5.41) is 27.4. The third-order valence-corrected chi connectivity index (χ3v) is 5.81. The van der Waals surface area contributed by atoms with E-state index in [0.717, 1.165) is 16.6 Å². The number of rotatable bonds is 4. The first-order chi connectivity index (χ1) is 18.6. The maximum atomic E-state index is 13.0. The molecule has 0 saturated carbocycles. The topological polar surface area (TPSA) is 152 Å². The number of hydrogen-bond acceptors (Lipinski definition) is 7. The molecule has 0 spiro atoms. The molecule has 1 atom stereocenters. The lowest BCUT2D eigenvalue weighted by atomic mass is 10.0. The van der Waals surface area contributed by atoms with Crippen LogP contribution in [0, 0.1) is 11.3 Å². The van der Waals surface area contributed by atoms with Crippen molar-refractivity contribution in [2.45, 2.75) is 18.6 Å². The zero-order chi connectivity index (χ0) is 28.2. The van der Waals surface area contributed by atoms with E-state index in [2.05, 4.69) is 26.6 Å². The van der Waals surface area contributed by atoms with Crippen LogP contribution in [0.4, 0.5) is 24.7 Å². The van der Waals surface area contributed by atoms with Crippen molar-refractivity contribution in [3.8, 4) is 17.3 Å². The Bertz CT molecular complexity index is 1630. The second-order valence-electron chi connectivity index (χ2n) is 8.31. The van der Waals surface area contributed by atoms with Crippen molar-refractivity contribution in [1.82, 2.24) is 15.2 Å². The van der Waals surface area contributed by atoms with E-state index in [1.807, 2.05) is 42.5 Å². The lowest BCUT2D eigenvalue weighted by Crippen LogP contribution is -2.33. The molecule has 198 valence electrons. The maximum absolute atomic E-state index is 13.0. The molecule has 10 nitrogen and oxygen atoms in total. The molecule has 1 saturated heterocycles. The second-order valence-corrected chi connectivity index (χ2v) is 8.31. The van der Waals surface area contributed by atoms with Gasteiger partial charge in [0.25, 0.3) is 5.56 Å². The van der Waals surface area contributed by atoms with Crippen LogP contribution in [0.1, 0.15) is 12.0 Å². The number of carbonyl (C=O) groups is 2. The van der Waals surface area contributed by atoms with Gasteiger partial charge in [0.2, 0.25) is 5.91 Å². The number of aromatic amines is 1. The largest absolute Gasteiger partial charge is 0.490 e. The molecule has 4 aromatic rings. The van der Waals surface area contributed by atoms with Gasteiger partial charge in [-0.15, -0.1) is 0 Å². The monoisotopic (exact) mass is 536 g/mol. The number of aliphatic carboxylic acids is 1. The number of anilines is 2. The van der Waals surface area contributed by atoms with Crippen LogP contribution in [-0.2, 0) is 9.59 Å². The SMILES string of the molecule is N#Cc1ccnc(NC2CCN(c3ccc(-c4n[nH]c(=O)c5ccccc45)cc3)C2=O)c1.O=C(O)C(F)(F)F. The molecule has 39 heavy (non-hydrogen) atoms.